The standard InChI is InChI=1S/C11H13N3O3S/c1-7(2)12-9(15)6-18-11-14-13-10(17-11)8-4-3-5-16-8/h3-5,7H,6H2,1-2H3,(H,12,15). The molecular weight excluding hydrogens is 254 g/mol. The minimum atomic E-state index is -0.0623. The maximum absolute atomic E-state index is 11.4. The monoisotopic (exact) mass is 267 g/mol. The minimum absolute atomic E-state index is 0.0623. The summed E-state index contributed by atoms with van der Waals surface area (Å²) in [6.07, 6.45) is 1.53. The van der Waals surface area contributed by atoms with E-state index in [1.807, 2.05) is 13.8 Å². The van der Waals surface area contributed by atoms with E-state index >= 15 is 0 Å². The molecule has 6 nitrogen and oxygen atoms in total. The van der Waals surface area contributed by atoms with Crippen molar-refractivity contribution < 1.29 is 13.6 Å². The van der Waals surface area contributed by atoms with E-state index in [2.05, 4.69) is 15.5 Å². The molecule has 0 unspecified atom stereocenters. The molecule has 7 heteroatoms. The third kappa shape index (κ3) is 3.36. The van der Waals surface area contributed by atoms with Crippen molar-refractivity contribution >= 4 is 17.7 Å². The highest BCUT2D eigenvalue weighted by molar-refractivity contribution is 7.99. The summed E-state index contributed by atoms with van der Waals surface area (Å²) in [5, 5.41) is 10.8. The van der Waals surface area contributed by atoms with E-state index in [0.717, 1.165) is 0 Å². The van der Waals surface area contributed by atoms with Crippen LogP contribution in [0.4, 0.5) is 0 Å². The summed E-state index contributed by atoms with van der Waals surface area (Å²) in [5.41, 5.74) is 0. The number of aromatic nitrogens is 2. The Labute approximate surface area is 108 Å². The maximum Gasteiger partial charge on any atom is 0.284 e. The van der Waals surface area contributed by atoms with Gasteiger partial charge in [-0.05, 0) is 26.0 Å². The number of hydrogen-bond acceptors (Lipinski definition) is 6. The lowest BCUT2D eigenvalue weighted by atomic mass is 10.4. The zero-order chi connectivity index (χ0) is 13.0. The molecule has 2 heterocycles. The van der Waals surface area contributed by atoms with E-state index in [0.29, 0.717) is 16.9 Å². The van der Waals surface area contributed by atoms with Crippen molar-refractivity contribution in [3.8, 4) is 11.7 Å². The maximum atomic E-state index is 11.4. The van der Waals surface area contributed by atoms with Crippen LogP contribution in [-0.4, -0.2) is 27.9 Å². The van der Waals surface area contributed by atoms with Crippen LogP contribution in [0.15, 0.2) is 32.5 Å². The largest absolute Gasteiger partial charge is 0.459 e. The Morgan fingerprint density at radius 3 is 3.00 bits per heavy atom. The van der Waals surface area contributed by atoms with Crippen molar-refractivity contribution in [3.63, 3.8) is 0 Å². The lowest BCUT2D eigenvalue weighted by Crippen LogP contribution is -2.31. The van der Waals surface area contributed by atoms with Crippen molar-refractivity contribution in [2.24, 2.45) is 0 Å². The molecule has 18 heavy (non-hydrogen) atoms. The first-order chi connectivity index (χ1) is 8.65. The Kier molecular flexibility index (Phi) is 4.03. The second kappa shape index (κ2) is 5.72. The molecule has 0 spiro atoms. The Balaban J connectivity index is 1.89. The first-order valence-electron chi connectivity index (χ1n) is 5.44. The van der Waals surface area contributed by atoms with E-state index in [4.69, 9.17) is 8.83 Å². The Bertz CT molecular complexity index is 507. The number of carbonyl (C=O) groups is 1. The molecule has 0 saturated heterocycles. The second-order valence-corrected chi connectivity index (χ2v) is 4.79. The number of amides is 1. The predicted molar refractivity (Wildman–Crippen MR) is 66.0 cm³/mol. The van der Waals surface area contributed by atoms with Gasteiger partial charge in [0.2, 0.25) is 5.91 Å². The summed E-state index contributed by atoms with van der Waals surface area (Å²) in [5.74, 6) is 1.01. The minimum Gasteiger partial charge on any atom is -0.459 e. The topological polar surface area (TPSA) is 81.2 Å². The smallest absolute Gasteiger partial charge is 0.284 e. The molecule has 0 fully saturated rings. The van der Waals surface area contributed by atoms with Gasteiger partial charge >= 0.3 is 0 Å². The van der Waals surface area contributed by atoms with Crippen molar-refractivity contribution in [3.05, 3.63) is 18.4 Å². The van der Waals surface area contributed by atoms with Gasteiger partial charge in [-0.1, -0.05) is 11.8 Å². The van der Waals surface area contributed by atoms with Gasteiger partial charge in [-0.15, -0.1) is 10.2 Å². The molecule has 1 N–H and O–H groups in total. The number of rotatable bonds is 5. The highest BCUT2D eigenvalue weighted by atomic mass is 32.2. The molecular formula is C11H13N3O3S. The SMILES string of the molecule is CC(C)NC(=O)CSc1nnc(-c2ccco2)o1. The number of furan rings is 1. The molecule has 0 aliphatic carbocycles. The van der Waals surface area contributed by atoms with Gasteiger partial charge < -0.3 is 14.2 Å². The zero-order valence-electron chi connectivity index (χ0n) is 10.0. The van der Waals surface area contributed by atoms with Crippen LogP contribution >= 0.6 is 11.8 Å². The summed E-state index contributed by atoms with van der Waals surface area (Å²) in [6.45, 7) is 3.81. The first-order valence-corrected chi connectivity index (χ1v) is 6.43. The predicted octanol–water partition coefficient (Wildman–Crippen LogP) is 1.95. The van der Waals surface area contributed by atoms with Gasteiger partial charge in [-0.2, -0.15) is 0 Å². The third-order valence-corrected chi connectivity index (χ3v) is 2.73. The third-order valence-electron chi connectivity index (χ3n) is 1.91. The molecule has 0 aliphatic rings. The van der Waals surface area contributed by atoms with E-state index in [1.54, 1.807) is 12.1 Å². The molecule has 2 rings (SSSR count). The Morgan fingerprint density at radius 2 is 2.33 bits per heavy atom. The van der Waals surface area contributed by atoms with E-state index in [9.17, 15) is 4.79 Å². The van der Waals surface area contributed by atoms with Crippen molar-refractivity contribution in [1.82, 2.24) is 15.5 Å². The van der Waals surface area contributed by atoms with Gasteiger partial charge in [0.25, 0.3) is 11.1 Å². The first kappa shape index (κ1) is 12.7. The molecule has 0 aliphatic heterocycles. The normalized spacial score (nSPS) is 10.8. The summed E-state index contributed by atoms with van der Waals surface area (Å²) in [7, 11) is 0. The number of nitrogens with zero attached hydrogens (tertiary/aromatic N) is 2. The van der Waals surface area contributed by atoms with E-state index in [1.165, 1.54) is 18.0 Å². The van der Waals surface area contributed by atoms with Gasteiger partial charge in [0.05, 0.1) is 12.0 Å². The van der Waals surface area contributed by atoms with Crippen LogP contribution in [0.2, 0.25) is 0 Å². The molecule has 0 saturated carbocycles. The van der Waals surface area contributed by atoms with Crippen LogP contribution in [-0.2, 0) is 4.79 Å². The zero-order valence-corrected chi connectivity index (χ0v) is 10.9. The van der Waals surface area contributed by atoms with Gasteiger partial charge in [0, 0.05) is 6.04 Å². The molecule has 2 aromatic heterocycles. The highest BCUT2D eigenvalue weighted by Crippen LogP contribution is 2.22. The summed E-state index contributed by atoms with van der Waals surface area (Å²) < 4.78 is 10.5. The number of hydrogen-bond donors (Lipinski definition) is 1. The van der Waals surface area contributed by atoms with E-state index < -0.39 is 0 Å². The fraction of sp³-hybridized carbons (Fsp3) is 0.364. The summed E-state index contributed by atoms with van der Waals surface area (Å²) in [6, 6.07) is 3.59. The molecule has 0 bridgehead atoms. The second-order valence-electron chi connectivity index (χ2n) is 3.86. The number of nitrogens with one attached hydrogen (secondary N) is 1. The van der Waals surface area contributed by atoms with Crippen LogP contribution < -0.4 is 5.32 Å². The molecule has 2 aromatic rings. The number of carbonyl (C=O) groups excluding carboxylic acids is 1. The van der Waals surface area contributed by atoms with Crippen molar-refractivity contribution in [1.29, 1.82) is 0 Å². The van der Waals surface area contributed by atoms with Gasteiger partial charge in [-0.25, -0.2) is 0 Å². The van der Waals surface area contributed by atoms with Crippen LogP contribution in [0.5, 0.6) is 0 Å². The van der Waals surface area contributed by atoms with Gasteiger partial charge in [0.15, 0.2) is 5.76 Å². The summed E-state index contributed by atoms with van der Waals surface area (Å²) >= 11 is 1.19. The fourth-order valence-electron chi connectivity index (χ4n) is 1.26. The molecule has 1 amide bonds. The number of thioether (sulfide) groups is 1. The van der Waals surface area contributed by atoms with Crippen molar-refractivity contribution in [2.75, 3.05) is 5.75 Å². The van der Waals surface area contributed by atoms with Gasteiger partial charge in [0.1, 0.15) is 0 Å². The average Bonchev–Trinajstić information content (AvgIpc) is 2.96. The lowest BCUT2D eigenvalue weighted by molar-refractivity contribution is -0.119. The molecule has 96 valence electrons. The molecule has 0 atom stereocenters. The van der Waals surface area contributed by atoms with Crippen LogP contribution in [0.3, 0.4) is 0 Å². The highest BCUT2D eigenvalue weighted by Gasteiger charge is 2.12. The van der Waals surface area contributed by atoms with Crippen LogP contribution in [0.25, 0.3) is 11.7 Å². The molecule has 0 aromatic carbocycles. The summed E-state index contributed by atoms with van der Waals surface area (Å²) in [4.78, 5) is 11.4. The fourth-order valence-corrected chi connectivity index (χ4v) is 1.83. The van der Waals surface area contributed by atoms with Gasteiger partial charge in [-0.3, -0.25) is 4.79 Å². The quantitative estimate of drug-likeness (QED) is 0.834. The van der Waals surface area contributed by atoms with Crippen LogP contribution in [0.1, 0.15) is 13.8 Å². The van der Waals surface area contributed by atoms with Crippen LogP contribution in [0, 0.1) is 0 Å². The Morgan fingerprint density at radius 1 is 1.50 bits per heavy atom. The lowest BCUT2D eigenvalue weighted by Gasteiger charge is -2.06. The average molecular weight is 267 g/mol. The van der Waals surface area contributed by atoms with E-state index in [-0.39, 0.29) is 17.7 Å². The van der Waals surface area contributed by atoms with Crippen molar-refractivity contribution in [2.45, 2.75) is 25.1 Å². The molecule has 0 radical (unpaired) electrons. The Hall–Kier alpha value is -1.76.